The molecule has 1 unspecified atom stereocenters. The van der Waals surface area contributed by atoms with Crippen LogP contribution in [0.5, 0.6) is 0 Å². The zero-order valence-corrected chi connectivity index (χ0v) is 20.6. The first-order chi connectivity index (χ1) is 14.7. The molecule has 0 spiro atoms. The van der Waals surface area contributed by atoms with Crippen LogP contribution in [0.2, 0.25) is 0 Å². The van der Waals surface area contributed by atoms with Crippen LogP contribution >= 0.6 is 11.3 Å². The molecule has 0 aromatic carbocycles. The first kappa shape index (κ1) is 22.2. The van der Waals surface area contributed by atoms with Crippen LogP contribution in [0, 0.1) is 34.5 Å². The van der Waals surface area contributed by atoms with Gasteiger partial charge in [0.25, 0.3) is 0 Å². The van der Waals surface area contributed by atoms with E-state index in [9.17, 15) is 10.2 Å². The van der Waals surface area contributed by atoms with E-state index < -0.39 is 5.60 Å². The predicted octanol–water partition coefficient (Wildman–Crippen LogP) is 6.76. The number of aliphatic hydroxyl groups is 2. The average molecular weight is 443 g/mol. The molecule has 0 bridgehead atoms. The molecular weight excluding hydrogens is 400 g/mol. The number of hydrogen-bond donors (Lipinski definition) is 2. The Morgan fingerprint density at radius 2 is 1.97 bits per heavy atom. The van der Waals surface area contributed by atoms with Crippen LogP contribution in [0.25, 0.3) is 0 Å². The van der Waals surface area contributed by atoms with Gasteiger partial charge in [0.1, 0.15) is 0 Å². The molecule has 4 aliphatic carbocycles. The Labute approximate surface area is 193 Å². The summed E-state index contributed by atoms with van der Waals surface area (Å²) in [6.45, 7) is 7.19. The molecule has 0 radical (unpaired) electrons. The van der Waals surface area contributed by atoms with Crippen molar-refractivity contribution in [3.8, 4) is 0 Å². The molecule has 2 N–H and O–H groups in total. The molecule has 8 atom stereocenters. The van der Waals surface area contributed by atoms with Crippen molar-refractivity contribution in [3.63, 3.8) is 0 Å². The molecule has 0 amide bonds. The Morgan fingerprint density at radius 3 is 2.74 bits per heavy atom. The van der Waals surface area contributed by atoms with Crippen molar-refractivity contribution in [2.75, 3.05) is 0 Å². The topological polar surface area (TPSA) is 40.5 Å². The fourth-order valence-corrected chi connectivity index (χ4v) is 9.66. The normalized spacial score (nSPS) is 44.0. The van der Waals surface area contributed by atoms with Crippen LogP contribution in [0.3, 0.4) is 0 Å². The molecule has 5 rings (SSSR count). The van der Waals surface area contributed by atoms with Crippen LogP contribution in [-0.4, -0.2) is 21.9 Å². The van der Waals surface area contributed by atoms with E-state index in [1.54, 1.807) is 5.57 Å². The van der Waals surface area contributed by atoms with Gasteiger partial charge in [-0.25, -0.2) is 0 Å². The van der Waals surface area contributed by atoms with Crippen LogP contribution in [0.4, 0.5) is 0 Å². The molecule has 3 saturated carbocycles. The lowest BCUT2D eigenvalue weighted by molar-refractivity contribution is -0.105. The minimum atomic E-state index is -0.553. The molecule has 1 aromatic rings. The summed E-state index contributed by atoms with van der Waals surface area (Å²) in [5.41, 5.74) is 1.60. The summed E-state index contributed by atoms with van der Waals surface area (Å²) in [6.07, 6.45) is 14.8. The molecule has 1 heterocycles. The van der Waals surface area contributed by atoms with Gasteiger partial charge in [0.05, 0.1) is 11.7 Å². The minimum absolute atomic E-state index is 0.120. The number of hydrogen-bond acceptors (Lipinski definition) is 3. The maximum Gasteiger partial charge on any atom is 0.0653 e. The maximum absolute atomic E-state index is 11.7. The third kappa shape index (κ3) is 3.67. The molecule has 0 aliphatic heterocycles. The van der Waals surface area contributed by atoms with Gasteiger partial charge in [0, 0.05) is 4.88 Å². The van der Waals surface area contributed by atoms with E-state index in [0.29, 0.717) is 11.3 Å². The van der Waals surface area contributed by atoms with E-state index in [1.807, 2.05) is 11.3 Å². The van der Waals surface area contributed by atoms with Gasteiger partial charge in [-0.05, 0) is 124 Å². The van der Waals surface area contributed by atoms with Gasteiger partial charge in [-0.2, -0.15) is 0 Å². The first-order valence-electron chi connectivity index (χ1n) is 12.9. The Balaban J connectivity index is 1.31. The van der Waals surface area contributed by atoms with Crippen molar-refractivity contribution in [3.05, 3.63) is 34.0 Å². The van der Waals surface area contributed by atoms with Crippen LogP contribution in [0.15, 0.2) is 29.2 Å². The number of thiophene rings is 1. The third-order valence-electron chi connectivity index (χ3n) is 10.5. The van der Waals surface area contributed by atoms with Crippen molar-refractivity contribution in [1.29, 1.82) is 0 Å². The second-order valence-corrected chi connectivity index (χ2v) is 13.2. The van der Waals surface area contributed by atoms with Gasteiger partial charge in [-0.15, -0.1) is 11.3 Å². The van der Waals surface area contributed by atoms with Crippen LogP contribution in [-0.2, 0) is 6.42 Å². The number of rotatable bonds is 5. The monoisotopic (exact) mass is 442 g/mol. The van der Waals surface area contributed by atoms with Crippen LogP contribution < -0.4 is 0 Å². The highest BCUT2D eigenvalue weighted by Gasteiger charge is 2.61. The van der Waals surface area contributed by atoms with Crippen molar-refractivity contribution in [2.24, 2.45) is 34.5 Å². The van der Waals surface area contributed by atoms with E-state index >= 15 is 0 Å². The zero-order valence-electron chi connectivity index (χ0n) is 19.8. The first-order valence-corrected chi connectivity index (χ1v) is 13.7. The summed E-state index contributed by atoms with van der Waals surface area (Å²) >= 11 is 1.84. The number of aryl methyl sites for hydroxylation is 1. The summed E-state index contributed by atoms with van der Waals surface area (Å²) in [5.74, 6) is 2.73. The summed E-state index contributed by atoms with van der Waals surface area (Å²) in [7, 11) is 0. The lowest BCUT2D eigenvalue weighted by Gasteiger charge is -2.59. The van der Waals surface area contributed by atoms with E-state index in [4.69, 9.17) is 0 Å². The van der Waals surface area contributed by atoms with E-state index in [1.165, 1.54) is 37.0 Å². The van der Waals surface area contributed by atoms with Gasteiger partial charge < -0.3 is 10.2 Å². The Kier molecular flexibility index (Phi) is 5.71. The zero-order chi connectivity index (χ0) is 21.9. The molecule has 1 aromatic heterocycles. The Bertz CT molecular complexity index is 811. The highest BCUT2D eigenvalue weighted by atomic mass is 32.1. The van der Waals surface area contributed by atoms with Crippen LogP contribution in [0.1, 0.15) is 89.9 Å². The van der Waals surface area contributed by atoms with Crippen molar-refractivity contribution < 1.29 is 10.2 Å². The molecule has 3 heteroatoms. The lowest BCUT2D eigenvalue weighted by Crippen LogP contribution is -2.53. The summed E-state index contributed by atoms with van der Waals surface area (Å²) in [5, 5.41) is 24.1. The summed E-state index contributed by atoms with van der Waals surface area (Å²) in [4.78, 5) is 1.45. The van der Waals surface area contributed by atoms with E-state index in [0.717, 1.165) is 56.3 Å². The predicted molar refractivity (Wildman–Crippen MR) is 129 cm³/mol. The summed E-state index contributed by atoms with van der Waals surface area (Å²) in [6, 6.07) is 4.36. The number of aliphatic hydroxyl groups excluding tert-OH is 1. The quantitative estimate of drug-likeness (QED) is 0.494. The maximum atomic E-state index is 11.7. The molecular formula is C28H42O2S. The molecule has 4 aliphatic rings. The molecule has 172 valence electrons. The Morgan fingerprint density at radius 1 is 1.13 bits per heavy atom. The fraction of sp³-hybridized carbons (Fsp3) is 0.786. The van der Waals surface area contributed by atoms with Gasteiger partial charge in [0.2, 0.25) is 0 Å². The van der Waals surface area contributed by atoms with Gasteiger partial charge >= 0.3 is 0 Å². The number of fused-ring (bicyclic) bond motifs is 5. The second kappa shape index (κ2) is 7.99. The molecule has 31 heavy (non-hydrogen) atoms. The fourth-order valence-electron chi connectivity index (χ4n) is 8.91. The van der Waals surface area contributed by atoms with Gasteiger partial charge in [-0.1, -0.05) is 31.6 Å². The second-order valence-electron chi connectivity index (χ2n) is 12.1. The Hall–Kier alpha value is -0.640. The van der Waals surface area contributed by atoms with E-state index in [-0.39, 0.29) is 11.5 Å². The smallest absolute Gasteiger partial charge is 0.0653 e. The highest BCUT2D eigenvalue weighted by Crippen LogP contribution is 2.67. The molecule has 0 saturated heterocycles. The lowest BCUT2D eigenvalue weighted by atomic mass is 9.46. The van der Waals surface area contributed by atoms with Crippen molar-refractivity contribution in [2.45, 2.75) is 103 Å². The highest BCUT2D eigenvalue weighted by molar-refractivity contribution is 7.09. The van der Waals surface area contributed by atoms with Gasteiger partial charge in [0.15, 0.2) is 0 Å². The molecule has 3 fully saturated rings. The van der Waals surface area contributed by atoms with Crippen molar-refractivity contribution in [1.82, 2.24) is 0 Å². The van der Waals surface area contributed by atoms with Gasteiger partial charge in [-0.3, -0.25) is 0 Å². The summed E-state index contributed by atoms with van der Waals surface area (Å²) < 4.78 is 0. The minimum Gasteiger partial charge on any atom is -0.393 e. The third-order valence-corrected chi connectivity index (χ3v) is 11.5. The largest absolute Gasteiger partial charge is 0.393 e. The average Bonchev–Trinajstić information content (AvgIpc) is 3.35. The SMILES string of the molecule is CC(O)(CCCc1cccs1)[C@H]1CC[C@H]2[C@@H]3CC=C4C[C@@H](O)CC[C@]4(C)[C@H]3CC[C@]12C. The molecule has 2 nitrogen and oxygen atoms in total. The van der Waals surface area contributed by atoms with Crippen molar-refractivity contribution >= 4 is 11.3 Å². The standard InChI is InChI=1S/C28H42O2S/c1-26-15-12-20(29)18-19(26)8-9-22-23-10-11-25(27(23,2)16-13-24(22)26)28(3,30)14-4-6-21-7-5-17-31-21/h5,7-8,17,20,22-25,29-30H,4,6,9-16,18H2,1-3H3/t20-,22-,23-,24-,25-,26-,27-,28?/m0/s1. The van der Waals surface area contributed by atoms with E-state index in [2.05, 4.69) is 44.4 Å². The number of allylic oxidation sites excluding steroid dienone is 1.